The highest BCUT2D eigenvalue weighted by atomic mass is 16.6. The Morgan fingerprint density at radius 3 is 2.66 bits per heavy atom. The van der Waals surface area contributed by atoms with E-state index in [0.29, 0.717) is 29.5 Å². The van der Waals surface area contributed by atoms with Gasteiger partial charge in [-0.25, -0.2) is 9.78 Å². The smallest absolute Gasteiger partial charge is 0.416 e. The number of aryl methyl sites for hydroxylation is 1. The number of aliphatic imine (C=N–C) groups is 1. The average Bonchev–Trinajstić information content (AvgIpc) is 2.99. The summed E-state index contributed by atoms with van der Waals surface area (Å²) in [5, 5.41) is 19.5. The molecule has 3 heterocycles. The molecule has 2 aliphatic heterocycles. The second-order valence-electron chi connectivity index (χ2n) is 13.2. The van der Waals surface area contributed by atoms with Gasteiger partial charge in [0.1, 0.15) is 11.2 Å². The summed E-state index contributed by atoms with van der Waals surface area (Å²) >= 11 is 0. The topological polar surface area (TPSA) is 112 Å². The molecule has 1 saturated carbocycles. The zero-order valence-corrected chi connectivity index (χ0v) is 23.0. The van der Waals surface area contributed by atoms with Crippen molar-refractivity contribution in [2.75, 3.05) is 11.4 Å². The Bertz CT molecular complexity index is 1310. The van der Waals surface area contributed by atoms with Crippen LogP contribution in [0.25, 0.3) is 0 Å². The molecular weight excluding hydrogens is 478 g/mol. The molecule has 38 heavy (non-hydrogen) atoms. The molecule has 0 unspecified atom stereocenters. The first-order chi connectivity index (χ1) is 17.8. The van der Waals surface area contributed by atoms with Gasteiger partial charge < -0.3 is 9.84 Å². The lowest BCUT2D eigenvalue weighted by molar-refractivity contribution is -0.0748. The van der Waals surface area contributed by atoms with E-state index < -0.39 is 17.3 Å². The summed E-state index contributed by atoms with van der Waals surface area (Å²) in [6, 6.07) is 7.95. The SMILES string of the molecule is CC1(C)C[C@](C)(C[C@H]2C=Nc3ccc(C#N)cc3CC2)C[C@@]2(CN(c3cnc(C(C)(C)O)cn3)C(=O)O2)C1. The Kier molecular flexibility index (Phi) is 6.34. The summed E-state index contributed by atoms with van der Waals surface area (Å²) in [6.45, 7) is 10.6. The Hall–Kier alpha value is -3.31. The van der Waals surface area contributed by atoms with E-state index in [9.17, 15) is 15.2 Å². The zero-order valence-electron chi connectivity index (χ0n) is 23.0. The number of rotatable bonds is 4. The van der Waals surface area contributed by atoms with Gasteiger partial charge in [0.25, 0.3) is 0 Å². The van der Waals surface area contributed by atoms with Gasteiger partial charge in [-0.15, -0.1) is 0 Å². The fourth-order valence-corrected chi connectivity index (χ4v) is 7.27. The highest BCUT2D eigenvalue weighted by Gasteiger charge is 2.56. The molecule has 3 aliphatic rings. The molecule has 1 aromatic carbocycles. The maximum absolute atomic E-state index is 13.1. The van der Waals surface area contributed by atoms with Crippen LogP contribution in [0, 0.1) is 28.1 Å². The molecule has 3 atom stereocenters. The monoisotopic (exact) mass is 515 g/mol. The molecule has 0 radical (unpaired) electrons. The number of aliphatic hydroxyl groups is 1. The van der Waals surface area contributed by atoms with Crippen molar-refractivity contribution in [2.45, 2.75) is 84.3 Å². The zero-order chi connectivity index (χ0) is 27.3. The number of fused-ring (bicyclic) bond motifs is 1. The molecule has 2 aromatic rings. The van der Waals surface area contributed by atoms with Gasteiger partial charge in [0.05, 0.1) is 42.0 Å². The third-order valence-electron chi connectivity index (χ3n) is 8.14. The van der Waals surface area contributed by atoms with Crippen LogP contribution in [0.1, 0.15) is 83.5 Å². The molecular formula is C30H37N5O3. The van der Waals surface area contributed by atoms with Crippen LogP contribution in [0.3, 0.4) is 0 Å². The van der Waals surface area contributed by atoms with Gasteiger partial charge >= 0.3 is 6.09 Å². The number of aromatic nitrogens is 2. The van der Waals surface area contributed by atoms with Crippen molar-refractivity contribution < 1.29 is 14.6 Å². The normalized spacial score (nSPS) is 28.5. The van der Waals surface area contributed by atoms with E-state index in [-0.39, 0.29) is 10.8 Å². The van der Waals surface area contributed by atoms with Crippen molar-refractivity contribution in [3.05, 3.63) is 47.4 Å². The first kappa shape index (κ1) is 26.3. The molecule has 1 saturated heterocycles. The molecule has 8 nitrogen and oxygen atoms in total. The summed E-state index contributed by atoms with van der Waals surface area (Å²) in [5.41, 5.74) is 1.45. The van der Waals surface area contributed by atoms with Crippen molar-refractivity contribution in [3.63, 3.8) is 0 Å². The molecule has 2 fully saturated rings. The Balaban J connectivity index is 1.34. The summed E-state index contributed by atoms with van der Waals surface area (Å²) in [4.78, 5) is 28.3. The molecule has 5 rings (SSSR count). The van der Waals surface area contributed by atoms with Crippen LogP contribution in [0.15, 0.2) is 35.6 Å². The third-order valence-corrected chi connectivity index (χ3v) is 8.14. The van der Waals surface area contributed by atoms with E-state index in [2.05, 4.69) is 43.0 Å². The van der Waals surface area contributed by atoms with Crippen molar-refractivity contribution >= 4 is 23.8 Å². The van der Waals surface area contributed by atoms with Gasteiger partial charge in [0.2, 0.25) is 0 Å². The third kappa shape index (κ3) is 5.30. The Morgan fingerprint density at radius 1 is 1.18 bits per heavy atom. The van der Waals surface area contributed by atoms with Gasteiger partial charge in [-0.3, -0.25) is 14.9 Å². The minimum absolute atomic E-state index is 0.00767. The lowest BCUT2D eigenvalue weighted by Crippen LogP contribution is -2.50. The van der Waals surface area contributed by atoms with E-state index in [1.165, 1.54) is 12.4 Å². The van der Waals surface area contributed by atoms with Crippen molar-refractivity contribution in [1.82, 2.24) is 9.97 Å². The maximum atomic E-state index is 13.1. The van der Waals surface area contributed by atoms with E-state index in [1.54, 1.807) is 18.7 Å². The van der Waals surface area contributed by atoms with Crippen molar-refractivity contribution in [1.29, 1.82) is 5.26 Å². The number of carbonyl (C=O) groups excluding carboxylic acids is 1. The number of amides is 1. The summed E-state index contributed by atoms with van der Waals surface area (Å²) in [6.07, 6.45) is 10.2. The van der Waals surface area contributed by atoms with Crippen LogP contribution < -0.4 is 4.90 Å². The quantitative estimate of drug-likeness (QED) is 0.547. The van der Waals surface area contributed by atoms with Crippen LogP contribution in [-0.2, 0) is 16.8 Å². The van der Waals surface area contributed by atoms with Crippen molar-refractivity contribution in [3.8, 4) is 6.07 Å². The molecule has 1 aliphatic carbocycles. The number of hydrogen-bond acceptors (Lipinski definition) is 7. The first-order valence-electron chi connectivity index (χ1n) is 13.4. The van der Waals surface area contributed by atoms with E-state index >= 15 is 0 Å². The lowest BCUT2D eigenvalue weighted by Gasteiger charge is -2.51. The first-order valence-corrected chi connectivity index (χ1v) is 13.4. The highest BCUT2D eigenvalue weighted by molar-refractivity contribution is 5.89. The molecule has 1 aromatic heterocycles. The molecule has 8 heteroatoms. The predicted octanol–water partition coefficient (Wildman–Crippen LogP) is 5.84. The van der Waals surface area contributed by atoms with E-state index in [0.717, 1.165) is 49.8 Å². The minimum Gasteiger partial charge on any atom is -0.441 e. The standard InChI is InChI=1S/C30H37N5O3/c1-27(2)16-29(5,11-21-6-8-22-10-20(12-31)7-9-23(22)32-13-21)18-30(17-27)19-35(26(36)38-30)25-15-33-24(14-34-25)28(3,4)37/h7,9-10,13-15,21,37H,6,8,11,16-19H2,1-5H3/t21-,29-,30+/m0/s1. The molecule has 200 valence electrons. The van der Waals surface area contributed by atoms with Gasteiger partial charge in [-0.2, -0.15) is 5.26 Å². The number of carbonyl (C=O) groups is 1. The average molecular weight is 516 g/mol. The largest absolute Gasteiger partial charge is 0.441 e. The van der Waals surface area contributed by atoms with Gasteiger partial charge in [-0.1, -0.05) is 20.8 Å². The fraction of sp³-hybridized carbons (Fsp3) is 0.567. The van der Waals surface area contributed by atoms with Gasteiger partial charge in [0, 0.05) is 6.21 Å². The number of benzene rings is 1. The molecule has 1 spiro atoms. The van der Waals surface area contributed by atoms with Crippen molar-refractivity contribution in [2.24, 2.45) is 21.7 Å². The minimum atomic E-state index is -1.10. The highest BCUT2D eigenvalue weighted by Crippen LogP contribution is 2.56. The van der Waals surface area contributed by atoms with Crippen LogP contribution in [-0.4, -0.2) is 39.5 Å². The predicted molar refractivity (Wildman–Crippen MR) is 145 cm³/mol. The number of ether oxygens (including phenoxy) is 1. The van der Waals surface area contributed by atoms with Gasteiger partial charge in [-0.05, 0) is 92.9 Å². The van der Waals surface area contributed by atoms with E-state index in [4.69, 9.17) is 9.73 Å². The van der Waals surface area contributed by atoms with Crippen LogP contribution in [0.4, 0.5) is 16.3 Å². The molecule has 0 bridgehead atoms. The summed E-state index contributed by atoms with van der Waals surface area (Å²) in [7, 11) is 0. The fourth-order valence-electron chi connectivity index (χ4n) is 7.27. The summed E-state index contributed by atoms with van der Waals surface area (Å²) < 4.78 is 6.18. The number of nitriles is 1. The van der Waals surface area contributed by atoms with Crippen LogP contribution in [0.5, 0.6) is 0 Å². The number of hydrogen-bond donors (Lipinski definition) is 1. The second-order valence-corrected chi connectivity index (χ2v) is 13.2. The summed E-state index contributed by atoms with van der Waals surface area (Å²) in [5.74, 6) is 0.743. The van der Waals surface area contributed by atoms with Crippen LogP contribution >= 0.6 is 0 Å². The Labute approximate surface area is 224 Å². The maximum Gasteiger partial charge on any atom is 0.416 e. The molecule has 1 N–H and O–H groups in total. The second kappa shape index (κ2) is 9.16. The number of anilines is 1. The molecule has 1 amide bonds. The van der Waals surface area contributed by atoms with Gasteiger partial charge in [0.15, 0.2) is 5.82 Å². The Morgan fingerprint density at radius 2 is 1.97 bits per heavy atom. The number of nitrogens with zero attached hydrogens (tertiary/aromatic N) is 5. The lowest BCUT2D eigenvalue weighted by atomic mass is 9.56. The van der Waals surface area contributed by atoms with E-state index in [1.807, 2.05) is 18.2 Å². The van der Waals surface area contributed by atoms with Crippen LogP contribution in [0.2, 0.25) is 0 Å².